The first-order chi connectivity index (χ1) is 18.1. The van der Waals surface area contributed by atoms with Crippen LogP contribution in [-0.2, 0) is 12.8 Å². The van der Waals surface area contributed by atoms with Crippen molar-refractivity contribution >= 4 is 77.0 Å². The van der Waals surface area contributed by atoms with Gasteiger partial charge in [0.25, 0.3) is 0 Å². The van der Waals surface area contributed by atoms with Crippen LogP contribution < -0.4 is 0 Å². The molecule has 4 aromatic rings. The molecule has 0 saturated heterocycles. The number of rotatable bonds is 17. The predicted molar refractivity (Wildman–Crippen MR) is 174 cm³/mol. The number of halogens is 1. The smallest absolute Gasteiger partial charge is 0.160 e. The van der Waals surface area contributed by atoms with Gasteiger partial charge in [-0.15, -0.1) is 45.3 Å². The van der Waals surface area contributed by atoms with Crippen LogP contribution in [0.15, 0.2) is 28.1 Å². The minimum absolute atomic E-state index is 0.858. The molecule has 0 amide bonds. The Balaban J connectivity index is 1.45. The van der Waals surface area contributed by atoms with E-state index in [2.05, 4.69) is 54.0 Å². The Bertz CT molecular complexity index is 1230. The summed E-state index contributed by atoms with van der Waals surface area (Å²) in [5, 5.41) is 0. The molecule has 0 aliphatic carbocycles. The van der Waals surface area contributed by atoms with Crippen molar-refractivity contribution in [1.82, 2.24) is 0 Å². The first kappa shape index (κ1) is 29.2. The molecule has 6 heteroatoms. The molecule has 4 rings (SSSR count). The molecule has 0 unspecified atom stereocenters. The third-order valence-electron chi connectivity index (χ3n) is 6.98. The summed E-state index contributed by atoms with van der Waals surface area (Å²) in [5.41, 5.74) is 2.86. The van der Waals surface area contributed by atoms with E-state index in [0.29, 0.717) is 0 Å². The fourth-order valence-corrected chi connectivity index (χ4v) is 10.3. The van der Waals surface area contributed by atoms with Crippen LogP contribution in [-0.4, -0.2) is 6.29 Å². The van der Waals surface area contributed by atoms with Crippen molar-refractivity contribution in [2.75, 3.05) is 0 Å². The van der Waals surface area contributed by atoms with Crippen LogP contribution >= 0.6 is 61.3 Å². The van der Waals surface area contributed by atoms with Gasteiger partial charge in [0, 0.05) is 28.9 Å². The number of hydrogen-bond donors (Lipinski definition) is 0. The Morgan fingerprint density at radius 1 is 0.622 bits per heavy atom. The van der Waals surface area contributed by atoms with Crippen LogP contribution in [0.2, 0.25) is 0 Å². The highest BCUT2D eigenvalue weighted by molar-refractivity contribution is 9.11. The molecular weight excluding hydrogens is 597 g/mol. The fraction of sp³-hybridized carbons (Fsp3) is 0.516. The lowest BCUT2D eigenvalue weighted by molar-refractivity contribution is 0.112. The molecule has 4 aromatic heterocycles. The molecule has 0 aliphatic heterocycles. The summed E-state index contributed by atoms with van der Waals surface area (Å²) < 4.78 is 3.98. The highest BCUT2D eigenvalue weighted by Crippen LogP contribution is 2.47. The minimum atomic E-state index is 0.858. The zero-order chi connectivity index (χ0) is 26.0. The van der Waals surface area contributed by atoms with Gasteiger partial charge >= 0.3 is 0 Å². The lowest BCUT2D eigenvalue weighted by Crippen LogP contribution is -1.86. The molecule has 37 heavy (non-hydrogen) atoms. The fourth-order valence-electron chi connectivity index (χ4n) is 4.94. The number of carbonyl (C=O) groups is 1. The van der Waals surface area contributed by atoms with Gasteiger partial charge in [-0.25, -0.2) is 0 Å². The van der Waals surface area contributed by atoms with Gasteiger partial charge in [-0.1, -0.05) is 78.1 Å². The van der Waals surface area contributed by atoms with Crippen molar-refractivity contribution in [1.29, 1.82) is 0 Å². The topological polar surface area (TPSA) is 17.1 Å². The van der Waals surface area contributed by atoms with Gasteiger partial charge in [-0.2, -0.15) is 0 Å². The van der Waals surface area contributed by atoms with Crippen molar-refractivity contribution < 1.29 is 4.79 Å². The van der Waals surface area contributed by atoms with Gasteiger partial charge in [-0.3, -0.25) is 4.79 Å². The normalized spacial score (nSPS) is 11.6. The molecule has 0 bridgehead atoms. The van der Waals surface area contributed by atoms with Crippen LogP contribution in [0.3, 0.4) is 0 Å². The third kappa shape index (κ3) is 8.11. The maximum atomic E-state index is 11.6. The molecule has 1 nitrogen and oxygen atoms in total. The summed E-state index contributed by atoms with van der Waals surface area (Å²) in [6.45, 7) is 4.55. The molecule has 0 aliphatic rings. The van der Waals surface area contributed by atoms with Crippen LogP contribution in [0.25, 0.3) is 28.9 Å². The first-order valence-corrected chi connectivity index (χ1v) is 18.1. The summed E-state index contributed by atoms with van der Waals surface area (Å²) in [5.74, 6) is 0. The van der Waals surface area contributed by atoms with Crippen molar-refractivity contribution in [3.8, 4) is 19.5 Å². The van der Waals surface area contributed by atoms with E-state index in [4.69, 9.17) is 0 Å². The Kier molecular flexibility index (Phi) is 11.9. The largest absolute Gasteiger partial charge is 0.297 e. The molecular formula is C31H39BrOS4. The quantitative estimate of drug-likeness (QED) is 0.0833. The summed E-state index contributed by atoms with van der Waals surface area (Å²) >= 11 is 11.1. The van der Waals surface area contributed by atoms with Crippen molar-refractivity contribution in [2.24, 2.45) is 0 Å². The van der Waals surface area contributed by atoms with E-state index >= 15 is 0 Å². The van der Waals surface area contributed by atoms with Gasteiger partial charge in [-0.05, 0) is 77.0 Å². The second kappa shape index (κ2) is 15.1. The number of fused-ring (bicyclic) bond motifs is 1. The van der Waals surface area contributed by atoms with E-state index in [1.54, 1.807) is 11.3 Å². The van der Waals surface area contributed by atoms with Crippen LogP contribution in [0.1, 0.15) is 112 Å². The van der Waals surface area contributed by atoms with Crippen molar-refractivity contribution in [3.63, 3.8) is 0 Å². The Morgan fingerprint density at radius 3 is 1.65 bits per heavy atom. The molecule has 0 radical (unpaired) electrons. The maximum Gasteiger partial charge on any atom is 0.160 e. The van der Waals surface area contributed by atoms with Crippen LogP contribution in [0, 0.1) is 0 Å². The lowest BCUT2D eigenvalue weighted by Gasteiger charge is -2.03. The predicted octanol–water partition coefficient (Wildman–Crippen LogP) is 12.8. The lowest BCUT2D eigenvalue weighted by atomic mass is 10.0. The van der Waals surface area contributed by atoms with Crippen molar-refractivity contribution in [2.45, 2.75) is 104 Å². The number of aryl methyl sites for hydroxylation is 2. The second-order valence-electron chi connectivity index (χ2n) is 10.0. The number of thiophene rings is 4. The van der Waals surface area contributed by atoms with Gasteiger partial charge < -0.3 is 0 Å². The Morgan fingerprint density at radius 2 is 1.11 bits per heavy atom. The monoisotopic (exact) mass is 634 g/mol. The molecule has 4 heterocycles. The third-order valence-corrected chi connectivity index (χ3v) is 12.4. The first-order valence-electron chi connectivity index (χ1n) is 14.0. The number of unbranched alkanes of at least 4 members (excludes halogenated alkanes) is 10. The average Bonchev–Trinajstić information content (AvgIpc) is 3.65. The number of aldehydes is 1. The zero-order valence-corrected chi connectivity index (χ0v) is 27.1. The Labute approximate surface area is 247 Å². The van der Waals surface area contributed by atoms with Gasteiger partial charge in [0.1, 0.15) is 0 Å². The summed E-state index contributed by atoms with van der Waals surface area (Å²) in [4.78, 5) is 17.9. The highest BCUT2D eigenvalue weighted by Gasteiger charge is 2.18. The minimum Gasteiger partial charge on any atom is -0.297 e. The van der Waals surface area contributed by atoms with E-state index < -0.39 is 0 Å². The molecule has 0 aromatic carbocycles. The molecule has 0 spiro atoms. The van der Waals surface area contributed by atoms with E-state index in [0.717, 1.165) is 17.6 Å². The van der Waals surface area contributed by atoms with E-state index in [-0.39, 0.29) is 0 Å². The second-order valence-corrected chi connectivity index (χ2v) is 15.7. The van der Waals surface area contributed by atoms with Crippen molar-refractivity contribution in [3.05, 3.63) is 44.1 Å². The molecule has 0 saturated carbocycles. The molecule has 0 fully saturated rings. The Hall–Kier alpha value is -0.790. The summed E-state index contributed by atoms with van der Waals surface area (Å²) in [6.07, 6.45) is 19.1. The van der Waals surface area contributed by atoms with E-state index in [1.807, 2.05) is 34.0 Å². The van der Waals surface area contributed by atoms with E-state index in [1.165, 1.54) is 127 Å². The van der Waals surface area contributed by atoms with Gasteiger partial charge in [0.05, 0.1) is 8.66 Å². The standard InChI is InChI=1S/C31H39BrOS4/c1-3-5-7-9-11-13-15-22-17-24(21-33)34-30(22)27-19-25-26(35-27)20-28(36-25)31-23(18-29(32)37-31)16-14-12-10-8-6-4-2/h17-21H,3-16H2,1-2H3. The van der Waals surface area contributed by atoms with Crippen LogP contribution in [0.5, 0.6) is 0 Å². The van der Waals surface area contributed by atoms with Crippen LogP contribution in [0.4, 0.5) is 0 Å². The summed E-state index contributed by atoms with van der Waals surface area (Å²) in [6, 6.07) is 9.25. The SMILES string of the molecule is CCCCCCCCc1cc(Br)sc1-c1cc2sc(-c3sc(C=O)cc3CCCCCCCC)cc2s1. The maximum absolute atomic E-state index is 11.6. The van der Waals surface area contributed by atoms with Gasteiger partial charge in [0.15, 0.2) is 6.29 Å². The molecule has 0 N–H and O–H groups in total. The average molecular weight is 636 g/mol. The zero-order valence-electron chi connectivity index (χ0n) is 22.2. The highest BCUT2D eigenvalue weighted by atomic mass is 79.9. The van der Waals surface area contributed by atoms with Gasteiger partial charge in [0.2, 0.25) is 0 Å². The molecule has 200 valence electrons. The van der Waals surface area contributed by atoms with E-state index in [9.17, 15) is 4.79 Å². The summed E-state index contributed by atoms with van der Waals surface area (Å²) in [7, 11) is 0. The number of carbonyl (C=O) groups excluding carboxylic acids is 1. The molecule has 0 atom stereocenters. The number of hydrogen-bond acceptors (Lipinski definition) is 5.